The molecule has 0 aliphatic rings. The van der Waals surface area contributed by atoms with Crippen LogP contribution in [0.25, 0.3) is 0 Å². The summed E-state index contributed by atoms with van der Waals surface area (Å²) in [5, 5.41) is 4.69. The molecule has 0 fully saturated rings. The summed E-state index contributed by atoms with van der Waals surface area (Å²) in [7, 11) is -15.2. The Hall–Kier alpha value is -0.720. The number of benzene rings is 1. The second kappa shape index (κ2) is 5.48. The fourth-order valence-corrected chi connectivity index (χ4v) is 7.03. The number of hydrogen-bond donors (Lipinski definition) is 3. The molecule has 1 aromatic rings. The Bertz CT molecular complexity index is 924. The van der Waals surface area contributed by atoms with Gasteiger partial charge in [-0.2, -0.15) is 16.8 Å². The second-order valence-electron chi connectivity index (χ2n) is 3.45. The highest BCUT2D eigenvalue weighted by Gasteiger charge is 2.30. The Morgan fingerprint density at radius 1 is 0.857 bits per heavy atom. The van der Waals surface area contributed by atoms with Gasteiger partial charge in [0.1, 0.15) is 13.4 Å². The van der Waals surface area contributed by atoms with Crippen LogP contribution in [0.15, 0.2) is 26.8 Å². The van der Waals surface area contributed by atoms with E-state index in [4.69, 9.17) is 9.11 Å². The number of nitrogens with two attached hydrogens (primary N) is 1. The fourth-order valence-electron chi connectivity index (χ4n) is 1.24. The Labute approximate surface area is 125 Å². The van der Waals surface area contributed by atoms with Gasteiger partial charge in [0.15, 0.2) is 0 Å². The van der Waals surface area contributed by atoms with E-state index in [0.29, 0.717) is 0 Å². The molecule has 4 N–H and O–H groups in total. The maximum absolute atomic E-state index is 11.3. The molecule has 0 heterocycles. The molecule has 21 heavy (non-hydrogen) atoms. The predicted molar refractivity (Wildman–Crippen MR) is 71.5 cm³/mol. The summed E-state index contributed by atoms with van der Waals surface area (Å²) in [6, 6.07) is 0.282. The van der Waals surface area contributed by atoms with Crippen molar-refractivity contribution >= 4 is 50.1 Å². The summed E-state index contributed by atoms with van der Waals surface area (Å²) in [4.78, 5) is -4.13. The lowest BCUT2D eigenvalue weighted by molar-refractivity contribution is 0.479. The van der Waals surface area contributed by atoms with E-state index in [-0.39, 0.29) is 12.1 Å². The van der Waals surface area contributed by atoms with Gasteiger partial charge in [-0.25, -0.2) is 19.7 Å². The lowest BCUT2D eigenvalue weighted by Gasteiger charge is -2.08. The first kappa shape index (κ1) is 18.3. The minimum absolute atomic E-state index is 0.106. The quantitative estimate of drug-likeness (QED) is 0.365. The van der Waals surface area contributed by atoms with Crippen LogP contribution in [0.2, 0.25) is 0 Å². The number of rotatable bonds is 4. The lowest BCUT2D eigenvalue weighted by Crippen LogP contribution is -2.17. The maximum atomic E-state index is 11.3. The Balaban J connectivity index is 4.24. The molecule has 0 bridgehead atoms. The molecule has 15 heteroatoms. The van der Waals surface area contributed by atoms with Crippen LogP contribution in [-0.4, -0.2) is 34.4 Å². The summed E-state index contributed by atoms with van der Waals surface area (Å²) >= 11 is -4.84. The van der Waals surface area contributed by atoms with Crippen molar-refractivity contribution in [3.05, 3.63) is 15.7 Å². The molecule has 1 aromatic carbocycles. The van der Waals surface area contributed by atoms with Gasteiger partial charge in [-0.1, -0.05) is 0 Å². The van der Waals surface area contributed by atoms with Gasteiger partial charge in [0.2, 0.25) is 10.0 Å². The Morgan fingerprint density at radius 3 is 1.57 bits per heavy atom. The van der Waals surface area contributed by atoms with E-state index in [9.17, 15) is 31.4 Å². The predicted octanol–water partition coefficient (Wildman–Crippen LogP) is -0.806. The van der Waals surface area contributed by atoms with Gasteiger partial charge in [0.05, 0.1) is 4.90 Å². The summed E-state index contributed by atoms with van der Waals surface area (Å²) in [5.74, 6) is 0. The molecule has 0 unspecified atom stereocenters. The molecule has 0 spiro atoms. The van der Waals surface area contributed by atoms with Crippen LogP contribution in [0.4, 0.5) is 0 Å². The smallest absolute Gasteiger partial charge is 0.282 e. The summed E-state index contributed by atoms with van der Waals surface area (Å²) in [6.07, 6.45) is 0. The molecule has 0 amide bonds. The van der Waals surface area contributed by atoms with Gasteiger partial charge in [-0.3, -0.25) is 9.11 Å². The summed E-state index contributed by atoms with van der Waals surface area (Å²) in [6.45, 7) is 0. The molecule has 0 radical (unpaired) electrons. The molecule has 0 saturated heterocycles. The fraction of sp³-hybridized carbons (Fsp3) is 0. The molecule has 0 aliphatic carbocycles. The van der Waals surface area contributed by atoms with Crippen LogP contribution in [0.3, 0.4) is 0 Å². The SMILES string of the molecule is NS(=O)(=O)c1cc(S(=O)(=O)O)cc(S(=O)(=O)O)c1I(=O)=O. The van der Waals surface area contributed by atoms with E-state index in [1.54, 1.807) is 0 Å². The van der Waals surface area contributed by atoms with Gasteiger partial charge in [-0.05, 0) is 12.1 Å². The molecule has 11 nitrogen and oxygen atoms in total. The first-order valence-corrected chi connectivity index (χ1v) is 11.6. The van der Waals surface area contributed by atoms with E-state index in [1.165, 1.54) is 0 Å². The summed E-state index contributed by atoms with van der Waals surface area (Å²) < 4.78 is 105. The molecular formula is C6H6INO10S3. The van der Waals surface area contributed by atoms with Gasteiger partial charge in [-0.15, -0.1) is 0 Å². The standard InChI is InChI=1S/C6H6INO10S3/c8-19(11,12)4-1-3(20(13,14)15)2-5(21(16,17)18)6(4)7(9)10/h1-2H,(H2,8,11,12)(H,13,14,15)(H,16,17,18). The summed E-state index contributed by atoms with van der Waals surface area (Å²) in [5.41, 5.74) is 0. The highest BCUT2D eigenvalue weighted by Crippen LogP contribution is 2.33. The molecule has 0 aliphatic heterocycles. The third kappa shape index (κ3) is 4.14. The van der Waals surface area contributed by atoms with Crippen molar-refractivity contribution in [3.8, 4) is 0 Å². The van der Waals surface area contributed by atoms with Gasteiger partial charge >= 0.3 is 19.8 Å². The zero-order chi connectivity index (χ0) is 16.8. The molecule has 0 aromatic heterocycles. The third-order valence-corrected chi connectivity index (χ3v) is 7.44. The van der Waals surface area contributed by atoms with E-state index in [1.807, 2.05) is 0 Å². The van der Waals surface area contributed by atoms with Crippen LogP contribution in [0.5, 0.6) is 0 Å². The molecule has 0 atom stereocenters. The van der Waals surface area contributed by atoms with E-state index >= 15 is 0 Å². The molecular weight excluding hydrogens is 469 g/mol. The zero-order valence-electron chi connectivity index (χ0n) is 9.50. The van der Waals surface area contributed by atoms with Crippen molar-refractivity contribution in [3.63, 3.8) is 0 Å². The van der Waals surface area contributed by atoms with E-state index < -0.39 is 68.3 Å². The van der Waals surface area contributed by atoms with Crippen LogP contribution >= 0.6 is 19.8 Å². The van der Waals surface area contributed by atoms with Crippen molar-refractivity contribution in [1.29, 1.82) is 0 Å². The highest BCUT2D eigenvalue weighted by atomic mass is 127. The van der Waals surface area contributed by atoms with E-state index in [0.717, 1.165) is 0 Å². The van der Waals surface area contributed by atoms with Crippen molar-refractivity contribution in [2.75, 3.05) is 0 Å². The average molecular weight is 475 g/mol. The van der Waals surface area contributed by atoms with Crippen molar-refractivity contribution < 1.29 is 40.5 Å². The monoisotopic (exact) mass is 475 g/mol. The number of sulfonamides is 1. The topological polar surface area (TPSA) is 203 Å². The highest BCUT2D eigenvalue weighted by molar-refractivity contribution is 14.2. The Kier molecular flexibility index (Phi) is 4.79. The van der Waals surface area contributed by atoms with Crippen molar-refractivity contribution in [2.24, 2.45) is 5.14 Å². The first-order valence-electron chi connectivity index (χ1n) is 4.37. The normalized spacial score (nSPS) is 13.5. The molecule has 120 valence electrons. The lowest BCUT2D eigenvalue weighted by atomic mass is 10.4. The zero-order valence-corrected chi connectivity index (χ0v) is 14.1. The number of primary sulfonamides is 1. The van der Waals surface area contributed by atoms with Crippen molar-refractivity contribution in [1.82, 2.24) is 0 Å². The average Bonchev–Trinajstić information content (AvgIpc) is 2.23. The molecule has 1 rings (SSSR count). The van der Waals surface area contributed by atoms with Gasteiger partial charge in [0, 0.05) is 0 Å². The largest absolute Gasteiger partial charge is 0.343 e. The minimum Gasteiger partial charge on any atom is -0.282 e. The van der Waals surface area contributed by atoms with Crippen LogP contribution in [0.1, 0.15) is 0 Å². The Morgan fingerprint density at radius 2 is 1.29 bits per heavy atom. The second-order valence-corrected chi connectivity index (χ2v) is 10.1. The van der Waals surface area contributed by atoms with Gasteiger partial charge in [0.25, 0.3) is 20.2 Å². The minimum atomic E-state index is -5.30. The van der Waals surface area contributed by atoms with Crippen LogP contribution in [0, 0.1) is 3.57 Å². The van der Waals surface area contributed by atoms with Crippen molar-refractivity contribution in [2.45, 2.75) is 14.7 Å². The first-order chi connectivity index (χ1) is 9.15. The third-order valence-electron chi connectivity index (χ3n) is 2.02. The maximum Gasteiger partial charge on any atom is 0.343 e. The number of hydrogen-bond acceptors (Lipinski definition) is 8. The molecule has 0 saturated carbocycles. The van der Waals surface area contributed by atoms with Crippen LogP contribution in [-0.2, 0) is 36.4 Å². The number of halogens is 1. The van der Waals surface area contributed by atoms with E-state index in [2.05, 4.69) is 5.14 Å². The van der Waals surface area contributed by atoms with Gasteiger partial charge < -0.3 is 0 Å². The van der Waals surface area contributed by atoms with Crippen LogP contribution < -0.4 is 5.14 Å².